The summed E-state index contributed by atoms with van der Waals surface area (Å²) in [6.45, 7) is 3.73. The Labute approximate surface area is 121 Å². The highest BCUT2D eigenvalue weighted by atomic mass is 19.2. The third-order valence-electron chi connectivity index (χ3n) is 3.31. The largest absolute Gasteiger partial charge is 0.324 e. The molecule has 0 aromatic heterocycles. The molecule has 0 radical (unpaired) electrons. The minimum absolute atomic E-state index is 0.220. The van der Waals surface area contributed by atoms with Gasteiger partial charge in [-0.1, -0.05) is 24.3 Å². The number of nitrogens with two attached hydrogens (primary N) is 1. The zero-order valence-electron chi connectivity index (χ0n) is 11.8. The smallest absolute Gasteiger partial charge is 0.245 e. The quantitative estimate of drug-likeness (QED) is 0.912. The topological polar surface area (TPSA) is 55.1 Å². The highest BCUT2D eigenvalue weighted by Gasteiger charge is 2.18. The fraction of sp³-hybridized carbons (Fsp3) is 0.188. The number of hydrogen-bond donors (Lipinski definition) is 2. The molecule has 0 aliphatic rings. The SMILES string of the molecule is Cc1cccc(C)c1NC(=O)C(N)c1ccc(F)c(F)c1. The Bertz CT molecular complexity index is 666. The van der Waals surface area contributed by atoms with Crippen molar-refractivity contribution in [2.24, 2.45) is 5.73 Å². The van der Waals surface area contributed by atoms with Gasteiger partial charge in [-0.3, -0.25) is 4.79 Å². The van der Waals surface area contributed by atoms with Crippen LogP contribution in [-0.4, -0.2) is 5.91 Å². The maximum absolute atomic E-state index is 13.2. The van der Waals surface area contributed by atoms with Crippen molar-refractivity contribution in [1.29, 1.82) is 0 Å². The van der Waals surface area contributed by atoms with Crippen molar-refractivity contribution in [3.05, 3.63) is 64.7 Å². The lowest BCUT2D eigenvalue weighted by Crippen LogP contribution is -2.28. The molecule has 0 saturated carbocycles. The van der Waals surface area contributed by atoms with E-state index in [2.05, 4.69) is 5.32 Å². The molecule has 0 aliphatic carbocycles. The first-order chi connectivity index (χ1) is 9.90. The van der Waals surface area contributed by atoms with Crippen molar-refractivity contribution in [2.45, 2.75) is 19.9 Å². The minimum atomic E-state index is -1.07. The third kappa shape index (κ3) is 3.25. The molecule has 1 atom stereocenters. The lowest BCUT2D eigenvalue weighted by atomic mass is 10.1. The zero-order chi connectivity index (χ0) is 15.6. The molecule has 110 valence electrons. The monoisotopic (exact) mass is 290 g/mol. The average Bonchev–Trinajstić information content (AvgIpc) is 2.45. The molecule has 0 heterocycles. The second-order valence-electron chi connectivity index (χ2n) is 4.91. The Balaban J connectivity index is 2.21. The van der Waals surface area contributed by atoms with Gasteiger partial charge in [0.25, 0.3) is 0 Å². The van der Waals surface area contributed by atoms with Gasteiger partial charge in [0.1, 0.15) is 6.04 Å². The summed E-state index contributed by atoms with van der Waals surface area (Å²) in [5, 5.41) is 2.73. The molecule has 0 fully saturated rings. The molecule has 0 saturated heterocycles. The Morgan fingerprint density at radius 3 is 2.29 bits per heavy atom. The fourth-order valence-electron chi connectivity index (χ4n) is 2.07. The molecule has 3 nitrogen and oxygen atoms in total. The van der Waals surface area contributed by atoms with Gasteiger partial charge in [0, 0.05) is 5.69 Å². The molecule has 2 aromatic carbocycles. The van der Waals surface area contributed by atoms with E-state index < -0.39 is 23.6 Å². The van der Waals surface area contributed by atoms with Gasteiger partial charge in [0.15, 0.2) is 11.6 Å². The van der Waals surface area contributed by atoms with Crippen LogP contribution in [0.2, 0.25) is 0 Å². The van der Waals surface area contributed by atoms with Crippen LogP contribution in [0.25, 0.3) is 0 Å². The number of amides is 1. The number of aryl methyl sites for hydroxylation is 2. The summed E-state index contributed by atoms with van der Waals surface area (Å²) < 4.78 is 26.1. The van der Waals surface area contributed by atoms with Crippen LogP contribution in [0.15, 0.2) is 36.4 Å². The van der Waals surface area contributed by atoms with Crippen LogP contribution < -0.4 is 11.1 Å². The summed E-state index contributed by atoms with van der Waals surface area (Å²) in [5.74, 6) is -2.47. The van der Waals surface area contributed by atoms with Crippen molar-refractivity contribution in [3.8, 4) is 0 Å². The van der Waals surface area contributed by atoms with Crippen LogP contribution in [0, 0.1) is 25.5 Å². The number of nitrogens with one attached hydrogen (secondary N) is 1. The van der Waals surface area contributed by atoms with Crippen LogP contribution >= 0.6 is 0 Å². The maximum atomic E-state index is 13.2. The normalized spacial score (nSPS) is 12.0. The number of benzene rings is 2. The molecule has 0 spiro atoms. The fourth-order valence-corrected chi connectivity index (χ4v) is 2.07. The van der Waals surface area contributed by atoms with Gasteiger partial charge < -0.3 is 11.1 Å². The number of carbonyl (C=O) groups is 1. The van der Waals surface area contributed by atoms with E-state index in [-0.39, 0.29) is 5.56 Å². The lowest BCUT2D eigenvalue weighted by molar-refractivity contribution is -0.117. The van der Waals surface area contributed by atoms with Crippen molar-refractivity contribution >= 4 is 11.6 Å². The number of hydrogen-bond acceptors (Lipinski definition) is 2. The van der Waals surface area contributed by atoms with E-state index in [1.807, 2.05) is 32.0 Å². The maximum Gasteiger partial charge on any atom is 0.245 e. The number of rotatable bonds is 3. The van der Waals surface area contributed by atoms with Gasteiger partial charge in [-0.05, 0) is 42.7 Å². The predicted molar refractivity (Wildman–Crippen MR) is 77.8 cm³/mol. The molecule has 1 unspecified atom stereocenters. The predicted octanol–water partition coefficient (Wildman–Crippen LogP) is 3.22. The molecule has 3 N–H and O–H groups in total. The third-order valence-corrected chi connectivity index (χ3v) is 3.31. The van der Waals surface area contributed by atoms with Crippen LogP contribution in [-0.2, 0) is 4.79 Å². The Morgan fingerprint density at radius 2 is 1.71 bits per heavy atom. The van der Waals surface area contributed by atoms with Crippen molar-refractivity contribution < 1.29 is 13.6 Å². The Morgan fingerprint density at radius 1 is 1.10 bits per heavy atom. The molecule has 0 aliphatic heterocycles. The number of carbonyl (C=O) groups excluding carboxylic acids is 1. The van der Waals surface area contributed by atoms with Crippen LogP contribution in [0.1, 0.15) is 22.7 Å². The second kappa shape index (κ2) is 6.01. The first-order valence-corrected chi connectivity index (χ1v) is 6.47. The molecular formula is C16H16F2N2O. The lowest BCUT2D eigenvalue weighted by Gasteiger charge is -2.16. The van der Waals surface area contributed by atoms with Crippen molar-refractivity contribution in [3.63, 3.8) is 0 Å². The van der Waals surface area contributed by atoms with Crippen molar-refractivity contribution in [2.75, 3.05) is 5.32 Å². The van der Waals surface area contributed by atoms with Crippen molar-refractivity contribution in [1.82, 2.24) is 0 Å². The summed E-state index contributed by atoms with van der Waals surface area (Å²) in [5.41, 5.74) is 8.51. The highest BCUT2D eigenvalue weighted by Crippen LogP contribution is 2.22. The standard InChI is InChI=1S/C16H16F2N2O/c1-9-4-3-5-10(2)15(9)20-16(21)14(19)11-6-7-12(17)13(18)8-11/h3-8,14H,19H2,1-2H3,(H,20,21). The Hall–Kier alpha value is -2.27. The summed E-state index contributed by atoms with van der Waals surface area (Å²) in [6, 6.07) is 7.74. The Kier molecular flexibility index (Phi) is 4.33. The van der Waals surface area contributed by atoms with E-state index in [1.54, 1.807) is 0 Å². The summed E-state index contributed by atoms with van der Waals surface area (Å²) in [7, 11) is 0. The molecular weight excluding hydrogens is 274 g/mol. The van der Waals surface area contributed by atoms with E-state index in [1.165, 1.54) is 6.07 Å². The first-order valence-electron chi connectivity index (χ1n) is 6.47. The zero-order valence-corrected chi connectivity index (χ0v) is 11.8. The van der Waals surface area contributed by atoms with Crippen LogP contribution in [0.3, 0.4) is 0 Å². The molecule has 2 aromatic rings. The van der Waals surface area contributed by atoms with Gasteiger partial charge in [-0.25, -0.2) is 8.78 Å². The first kappa shape index (κ1) is 15.1. The van der Waals surface area contributed by atoms with Gasteiger partial charge in [0.05, 0.1) is 0 Å². The van der Waals surface area contributed by atoms with E-state index in [4.69, 9.17) is 5.73 Å². The van der Waals surface area contributed by atoms with Crippen LogP contribution in [0.5, 0.6) is 0 Å². The number of para-hydroxylation sites is 1. The molecule has 2 rings (SSSR count). The van der Waals surface area contributed by atoms with Gasteiger partial charge >= 0.3 is 0 Å². The molecule has 1 amide bonds. The molecule has 0 bridgehead atoms. The summed E-state index contributed by atoms with van der Waals surface area (Å²) in [4.78, 5) is 12.2. The van der Waals surface area contributed by atoms with Gasteiger partial charge in [0.2, 0.25) is 5.91 Å². The summed E-state index contributed by atoms with van der Waals surface area (Å²) >= 11 is 0. The van der Waals surface area contributed by atoms with E-state index >= 15 is 0 Å². The molecule has 21 heavy (non-hydrogen) atoms. The minimum Gasteiger partial charge on any atom is -0.324 e. The molecule has 5 heteroatoms. The highest BCUT2D eigenvalue weighted by molar-refractivity contribution is 5.96. The average molecular weight is 290 g/mol. The van der Waals surface area contributed by atoms with E-state index in [0.29, 0.717) is 5.69 Å². The van der Waals surface area contributed by atoms with Crippen LogP contribution in [0.4, 0.5) is 14.5 Å². The number of anilines is 1. The van der Waals surface area contributed by atoms with Gasteiger partial charge in [-0.15, -0.1) is 0 Å². The summed E-state index contributed by atoms with van der Waals surface area (Å²) in [6.07, 6.45) is 0. The van der Waals surface area contributed by atoms with E-state index in [9.17, 15) is 13.6 Å². The second-order valence-corrected chi connectivity index (χ2v) is 4.91. The van der Waals surface area contributed by atoms with E-state index in [0.717, 1.165) is 23.3 Å². The number of halogens is 2. The van der Waals surface area contributed by atoms with Gasteiger partial charge in [-0.2, -0.15) is 0 Å².